The molecule has 38 heavy (non-hydrogen) atoms. The Bertz CT molecular complexity index is 1350. The maximum atomic E-state index is 14.1. The fourth-order valence-electron chi connectivity index (χ4n) is 5.06. The van der Waals surface area contributed by atoms with Gasteiger partial charge in [0.2, 0.25) is 5.91 Å². The summed E-state index contributed by atoms with van der Waals surface area (Å²) >= 11 is 0. The number of amides is 1. The van der Waals surface area contributed by atoms with E-state index >= 15 is 0 Å². The molecule has 0 spiro atoms. The van der Waals surface area contributed by atoms with Gasteiger partial charge in [0.1, 0.15) is 12.4 Å². The number of rotatable bonds is 7. The molecule has 5 rings (SSSR count). The summed E-state index contributed by atoms with van der Waals surface area (Å²) in [5.74, 6) is -1.47. The fraction of sp³-hybridized carbons (Fsp3) is 0.188. The summed E-state index contributed by atoms with van der Waals surface area (Å²) in [4.78, 5) is 28.0. The quantitative estimate of drug-likeness (QED) is 0.351. The van der Waals surface area contributed by atoms with E-state index in [1.165, 1.54) is 4.90 Å². The summed E-state index contributed by atoms with van der Waals surface area (Å²) in [6, 6.07) is 31.6. The number of aryl methyl sites for hydroxylation is 1. The van der Waals surface area contributed by atoms with Crippen LogP contribution in [0, 0.1) is 6.92 Å². The van der Waals surface area contributed by atoms with Crippen molar-refractivity contribution in [1.29, 1.82) is 0 Å². The first kappa shape index (κ1) is 27.6. The maximum absolute atomic E-state index is 14.1. The van der Waals surface area contributed by atoms with Crippen LogP contribution in [0.4, 0.5) is 0 Å². The first-order valence-electron chi connectivity index (χ1n) is 12.4. The molecule has 4 aromatic carbocycles. The molecule has 186 valence electrons. The molecule has 0 N–H and O–H groups in total. The van der Waals surface area contributed by atoms with Crippen LogP contribution >= 0.6 is 0 Å². The van der Waals surface area contributed by atoms with Gasteiger partial charge in [-0.25, -0.2) is 0 Å². The minimum Gasteiger partial charge on any atom is -0.548 e. The molecule has 1 amide bonds. The second-order valence-electron chi connectivity index (χ2n) is 9.38. The maximum Gasteiger partial charge on any atom is 1.00 e. The Morgan fingerprint density at radius 1 is 0.868 bits per heavy atom. The molecule has 0 aliphatic carbocycles. The van der Waals surface area contributed by atoms with Gasteiger partial charge in [0, 0.05) is 18.5 Å². The van der Waals surface area contributed by atoms with Crippen LogP contribution in [0.5, 0.6) is 5.75 Å². The Morgan fingerprint density at radius 3 is 1.97 bits per heavy atom. The molecular formula is C32H28NNaO4. The normalized spacial score (nSPS) is 14.4. The standard InChI is InChI=1S/C32H29NO4.Na/c1-22-17-18-26-20-33(31(34)29(24-13-7-3-8-14-24)25-15-9-4-10-16-25)28(32(35)36)19-27(26)30(22)37-21-23-11-5-2-6-12-23;/h2-18,28-29H,19-21H2,1H3,(H,35,36);/q;+1/p-1/t28-;/m0./s1. The number of carboxylic acids is 1. The van der Waals surface area contributed by atoms with E-state index in [1.807, 2.05) is 110 Å². The monoisotopic (exact) mass is 513 g/mol. The van der Waals surface area contributed by atoms with Crippen molar-refractivity contribution in [2.24, 2.45) is 0 Å². The minimum absolute atomic E-state index is 0. The van der Waals surface area contributed by atoms with Gasteiger partial charge < -0.3 is 19.5 Å². The number of ether oxygens (including phenoxy) is 1. The van der Waals surface area contributed by atoms with Crippen LogP contribution in [0.15, 0.2) is 103 Å². The van der Waals surface area contributed by atoms with Crippen molar-refractivity contribution in [2.45, 2.75) is 38.5 Å². The third-order valence-electron chi connectivity index (χ3n) is 6.96. The molecule has 1 heterocycles. The molecule has 5 nitrogen and oxygen atoms in total. The Hall–Kier alpha value is -3.38. The van der Waals surface area contributed by atoms with Gasteiger partial charge in [-0.1, -0.05) is 103 Å². The summed E-state index contributed by atoms with van der Waals surface area (Å²) < 4.78 is 6.21. The van der Waals surface area contributed by atoms with Crippen LogP contribution in [0.3, 0.4) is 0 Å². The van der Waals surface area contributed by atoms with Crippen LogP contribution in [-0.2, 0) is 29.2 Å². The molecule has 0 saturated carbocycles. The number of carbonyl (C=O) groups excluding carboxylic acids is 2. The smallest absolute Gasteiger partial charge is 0.548 e. The number of aliphatic carboxylic acids is 1. The van der Waals surface area contributed by atoms with Crippen molar-refractivity contribution in [3.63, 3.8) is 0 Å². The number of nitrogens with zero attached hydrogens (tertiary/aromatic N) is 1. The van der Waals surface area contributed by atoms with Gasteiger partial charge in [0.05, 0.1) is 17.9 Å². The van der Waals surface area contributed by atoms with Crippen molar-refractivity contribution in [1.82, 2.24) is 4.90 Å². The predicted octanol–water partition coefficient (Wildman–Crippen LogP) is 1.41. The Kier molecular flexibility index (Phi) is 9.05. The predicted molar refractivity (Wildman–Crippen MR) is 140 cm³/mol. The topological polar surface area (TPSA) is 69.7 Å². The molecule has 1 aliphatic heterocycles. The average molecular weight is 514 g/mol. The summed E-state index contributed by atoms with van der Waals surface area (Å²) in [6.45, 7) is 2.50. The number of carbonyl (C=O) groups is 2. The van der Waals surface area contributed by atoms with Crippen molar-refractivity contribution >= 4 is 11.9 Å². The summed E-state index contributed by atoms with van der Waals surface area (Å²) in [7, 11) is 0. The van der Waals surface area contributed by atoms with Crippen molar-refractivity contribution < 1.29 is 49.0 Å². The molecule has 4 aromatic rings. The molecule has 1 atom stereocenters. The zero-order valence-electron chi connectivity index (χ0n) is 21.7. The third-order valence-corrected chi connectivity index (χ3v) is 6.96. The number of carboxylic acid groups (broad SMARTS) is 1. The second kappa shape index (κ2) is 12.4. The average Bonchev–Trinajstić information content (AvgIpc) is 2.93. The first-order valence-corrected chi connectivity index (χ1v) is 12.4. The van der Waals surface area contributed by atoms with Crippen LogP contribution < -0.4 is 39.4 Å². The molecule has 0 aromatic heterocycles. The van der Waals surface area contributed by atoms with E-state index in [4.69, 9.17) is 4.74 Å². The molecule has 6 heteroatoms. The number of fused-ring (bicyclic) bond motifs is 1. The van der Waals surface area contributed by atoms with E-state index in [2.05, 4.69) is 0 Å². The van der Waals surface area contributed by atoms with E-state index in [1.54, 1.807) is 0 Å². The van der Waals surface area contributed by atoms with Gasteiger partial charge in [-0.3, -0.25) is 4.79 Å². The van der Waals surface area contributed by atoms with Crippen molar-refractivity contribution in [3.8, 4) is 5.75 Å². The summed E-state index contributed by atoms with van der Waals surface area (Å²) in [5.41, 5.74) is 5.30. The van der Waals surface area contributed by atoms with Crippen LogP contribution in [-0.4, -0.2) is 22.8 Å². The number of hydrogen-bond acceptors (Lipinski definition) is 4. The van der Waals surface area contributed by atoms with E-state index < -0.39 is 17.9 Å². The van der Waals surface area contributed by atoms with E-state index in [0.29, 0.717) is 12.4 Å². The van der Waals surface area contributed by atoms with E-state index in [-0.39, 0.29) is 48.4 Å². The Labute approximate surface area is 245 Å². The van der Waals surface area contributed by atoms with Gasteiger partial charge in [0.25, 0.3) is 0 Å². The zero-order valence-corrected chi connectivity index (χ0v) is 23.7. The van der Waals surface area contributed by atoms with Gasteiger partial charge in [0.15, 0.2) is 0 Å². The van der Waals surface area contributed by atoms with E-state index in [9.17, 15) is 14.7 Å². The minimum atomic E-state index is -1.27. The molecule has 0 bridgehead atoms. The summed E-state index contributed by atoms with van der Waals surface area (Å²) in [6.07, 6.45) is 0.130. The Morgan fingerprint density at radius 2 is 1.42 bits per heavy atom. The zero-order chi connectivity index (χ0) is 25.8. The molecular weight excluding hydrogens is 485 g/mol. The van der Waals surface area contributed by atoms with Gasteiger partial charge in [-0.2, -0.15) is 0 Å². The molecule has 0 fully saturated rings. The Balaban J connectivity index is 0.00000336. The molecule has 0 unspecified atom stereocenters. The van der Waals surface area contributed by atoms with Gasteiger partial charge in [-0.05, 0) is 34.7 Å². The first-order chi connectivity index (χ1) is 18.0. The van der Waals surface area contributed by atoms with Gasteiger partial charge in [-0.15, -0.1) is 0 Å². The van der Waals surface area contributed by atoms with E-state index in [0.717, 1.165) is 33.4 Å². The second-order valence-corrected chi connectivity index (χ2v) is 9.38. The van der Waals surface area contributed by atoms with Gasteiger partial charge >= 0.3 is 29.6 Å². The summed E-state index contributed by atoms with van der Waals surface area (Å²) in [5, 5.41) is 12.4. The SMILES string of the molecule is Cc1ccc2c(c1OCc1ccccc1)C[C@@H](C(=O)[O-])N(C(=O)C(c1ccccc1)c1ccccc1)C2.[Na+]. The van der Waals surface area contributed by atoms with Crippen molar-refractivity contribution in [2.75, 3.05) is 0 Å². The number of hydrogen-bond donors (Lipinski definition) is 0. The van der Waals surface area contributed by atoms with Crippen LogP contribution in [0.25, 0.3) is 0 Å². The van der Waals surface area contributed by atoms with Crippen LogP contribution in [0.2, 0.25) is 0 Å². The molecule has 1 aliphatic rings. The molecule has 0 saturated heterocycles. The number of benzene rings is 4. The van der Waals surface area contributed by atoms with Crippen molar-refractivity contribution in [3.05, 3.63) is 137 Å². The fourth-order valence-corrected chi connectivity index (χ4v) is 5.06. The molecule has 0 radical (unpaired) electrons. The van der Waals surface area contributed by atoms with Crippen LogP contribution in [0.1, 0.15) is 39.3 Å². The third kappa shape index (κ3) is 5.86. The largest absolute Gasteiger partial charge is 1.00 e.